The summed E-state index contributed by atoms with van der Waals surface area (Å²) in [6.07, 6.45) is 7.18. The molecule has 0 aromatic carbocycles. The highest BCUT2D eigenvalue weighted by Crippen LogP contribution is 2.34. The molecule has 1 aliphatic rings. The molecule has 0 bridgehead atoms. The van der Waals surface area contributed by atoms with Gasteiger partial charge < -0.3 is 4.74 Å². The number of nitrogens with one attached hydrogen (secondary N) is 1. The molecule has 114 valence electrons. The number of methoxy groups -OCH3 is 1. The van der Waals surface area contributed by atoms with Crippen LogP contribution in [0.1, 0.15) is 57.3 Å². The lowest BCUT2D eigenvalue weighted by atomic mass is 10.2. The van der Waals surface area contributed by atoms with E-state index >= 15 is 0 Å². The van der Waals surface area contributed by atoms with E-state index in [2.05, 4.69) is 24.4 Å². The molecule has 1 aromatic heterocycles. The maximum Gasteiger partial charge on any atom is 0.161 e. The lowest BCUT2D eigenvalue weighted by Crippen LogP contribution is -2.32. The van der Waals surface area contributed by atoms with Gasteiger partial charge in [-0.25, -0.2) is 0 Å². The van der Waals surface area contributed by atoms with Crippen LogP contribution in [-0.4, -0.2) is 27.9 Å². The van der Waals surface area contributed by atoms with Gasteiger partial charge in [0.05, 0.1) is 25.0 Å². The van der Waals surface area contributed by atoms with E-state index < -0.39 is 0 Å². The van der Waals surface area contributed by atoms with E-state index in [9.17, 15) is 0 Å². The minimum absolute atomic E-state index is 0.0699. The molecule has 1 aromatic rings. The minimum Gasteiger partial charge on any atom is -0.493 e. The van der Waals surface area contributed by atoms with Crippen LogP contribution in [0.15, 0.2) is 6.20 Å². The van der Waals surface area contributed by atoms with Crippen LogP contribution in [0.3, 0.4) is 0 Å². The Labute approximate surface area is 125 Å². The molecule has 1 atom stereocenters. The molecule has 0 amide bonds. The Kier molecular flexibility index (Phi) is 5.74. The summed E-state index contributed by atoms with van der Waals surface area (Å²) in [4.78, 5) is 0. The van der Waals surface area contributed by atoms with Crippen LogP contribution < -0.4 is 16.0 Å². The van der Waals surface area contributed by atoms with Crippen LogP contribution in [0.5, 0.6) is 5.75 Å². The fraction of sp³-hybridized carbons (Fsp3) is 0.786. The molecular formula is C14H26N4OS. The van der Waals surface area contributed by atoms with E-state index in [0.29, 0.717) is 6.04 Å². The second-order valence-electron chi connectivity index (χ2n) is 5.60. The standard InChI is InChI=1S/C14H26N4OS/c1-10(2)18-14(13(19-3)8-16-18)12(17-15)9-20-11-6-4-5-7-11/h8,10-12,17H,4-7,9,15H2,1-3H3. The van der Waals surface area contributed by atoms with Crippen LogP contribution in [0, 0.1) is 0 Å². The predicted octanol–water partition coefficient (Wildman–Crippen LogP) is 2.65. The van der Waals surface area contributed by atoms with Crippen molar-refractivity contribution < 1.29 is 4.74 Å². The van der Waals surface area contributed by atoms with Crippen LogP contribution >= 0.6 is 11.8 Å². The number of hydrazine groups is 1. The first kappa shape index (κ1) is 15.7. The van der Waals surface area contributed by atoms with Gasteiger partial charge in [-0.1, -0.05) is 12.8 Å². The summed E-state index contributed by atoms with van der Waals surface area (Å²) in [5, 5.41) is 5.21. The van der Waals surface area contributed by atoms with Crippen LogP contribution in [0.2, 0.25) is 0 Å². The van der Waals surface area contributed by atoms with Crippen molar-refractivity contribution in [2.75, 3.05) is 12.9 Å². The molecule has 6 heteroatoms. The Hall–Kier alpha value is -0.720. The molecule has 1 saturated carbocycles. The number of aromatic nitrogens is 2. The SMILES string of the molecule is COc1cnn(C(C)C)c1C(CSC1CCCC1)NN. The van der Waals surface area contributed by atoms with Gasteiger partial charge in [0.15, 0.2) is 5.75 Å². The lowest BCUT2D eigenvalue weighted by Gasteiger charge is -2.21. The summed E-state index contributed by atoms with van der Waals surface area (Å²) >= 11 is 2.02. The molecule has 1 heterocycles. The molecular weight excluding hydrogens is 272 g/mol. The number of nitrogens with zero attached hydrogens (tertiary/aromatic N) is 2. The highest BCUT2D eigenvalue weighted by atomic mass is 32.2. The van der Waals surface area contributed by atoms with Crippen molar-refractivity contribution in [1.29, 1.82) is 0 Å². The van der Waals surface area contributed by atoms with Gasteiger partial charge in [0.2, 0.25) is 0 Å². The highest BCUT2D eigenvalue weighted by Gasteiger charge is 2.24. The van der Waals surface area contributed by atoms with E-state index in [4.69, 9.17) is 10.6 Å². The molecule has 1 unspecified atom stereocenters. The average Bonchev–Trinajstić information content (AvgIpc) is 3.08. The summed E-state index contributed by atoms with van der Waals surface area (Å²) in [7, 11) is 1.68. The molecule has 20 heavy (non-hydrogen) atoms. The van der Waals surface area contributed by atoms with E-state index in [1.807, 2.05) is 16.4 Å². The van der Waals surface area contributed by atoms with Crippen molar-refractivity contribution in [3.05, 3.63) is 11.9 Å². The molecule has 3 N–H and O–H groups in total. The van der Waals surface area contributed by atoms with Gasteiger partial charge in [0, 0.05) is 17.0 Å². The van der Waals surface area contributed by atoms with E-state index in [1.54, 1.807) is 13.3 Å². The van der Waals surface area contributed by atoms with Crippen LogP contribution in [0.25, 0.3) is 0 Å². The van der Waals surface area contributed by atoms with Gasteiger partial charge >= 0.3 is 0 Å². The maximum atomic E-state index is 5.78. The number of rotatable bonds is 7. The van der Waals surface area contributed by atoms with Crippen LogP contribution in [-0.2, 0) is 0 Å². The zero-order chi connectivity index (χ0) is 14.5. The topological polar surface area (TPSA) is 65.1 Å². The van der Waals surface area contributed by atoms with Crippen molar-refractivity contribution >= 4 is 11.8 Å². The second kappa shape index (κ2) is 7.33. The summed E-state index contributed by atoms with van der Waals surface area (Å²) in [5.41, 5.74) is 3.99. The van der Waals surface area contributed by atoms with Gasteiger partial charge in [0.25, 0.3) is 0 Å². The number of ether oxygens (including phenoxy) is 1. The predicted molar refractivity (Wildman–Crippen MR) is 83.9 cm³/mol. The molecule has 5 nitrogen and oxygen atoms in total. The molecule has 0 spiro atoms. The molecule has 0 saturated heterocycles. The Morgan fingerprint density at radius 1 is 1.50 bits per heavy atom. The quantitative estimate of drug-likeness (QED) is 0.598. The first-order valence-corrected chi connectivity index (χ1v) is 8.41. The Morgan fingerprint density at radius 3 is 2.75 bits per heavy atom. The van der Waals surface area contributed by atoms with Gasteiger partial charge in [-0.15, -0.1) is 0 Å². The van der Waals surface area contributed by atoms with E-state index in [1.165, 1.54) is 25.7 Å². The van der Waals surface area contributed by atoms with Crippen molar-refractivity contribution in [2.24, 2.45) is 5.84 Å². The molecule has 1 fully saturated rings. The third-order valence-corrected chi connectivity index (χ3v) is 5.31. The Balaban J connectivity index is 2.10. The largest absolute Gasteiger partial charge is 0.493 e. The van der Waals surface area contributed by atoms with Crippen molar-refractivity contribution in [2.45, 2.75) is 56.9 Å². The molecule has 0 radical (unpaired) electrons. The normalized spacial score (nSPS) is 17.9. The van der Waals surface area contributed by atoms with Gasteiger partial charge in [-0.2, -0.15) is 16.9 Å². The Bertz CT molecular complexity index is 415. The van der Waals surface area contributed by atoms with Gasteiger partial charge in [-0.3, -0.25) is 16.0 Å². The van der Waals surface area contributed by atoms with Crippen molar-refractivity contribution in [3.8, 4) is 5.75 Å². The highest BCUT2D eigenvalue weighted by molar-refractivity contribution is 7.99. The summed E-state index contributed by atoms with van der Waals surface area (Å²) in [5.74, 6) is 7.55. The van der Waals surface area contributed by atoms with Crippen LogP contribution in [0.4, 0.5) is 0 Å². The average molecular weight is 298 g/mol. The maximum absolute atomic E-state index is 5.78. The Morgan fingerprint density at radius 2 is 2.20 bits per heavy atom. The lowest BCUT2D eigenvalue weighted by molar-refractivity contribution is 0.391. The van der Waals surface area contributed by atoms with E-state index in [-0.39, 0.29) is 6.04 Å². The van der Waals surface area contributed by atoms with Crippen molar-refractivity contribution in [3.63, 3.8) is 0 Å². The number of hydrogen-bond donors (Lipinski definition) is 2. The smallest absolute Gasteiger partial charge is 0.161 e. The van der Waals surface area contributed by atoms with E-state index in [0.717, 1.165) is 22.4 Å². The number of hydrogen-bond acceptors (Lipinski definition) is 5. The fourth-order valence-corrected chi connectivity index (χ4v) is 4.13. The third kappa shape index (κ3) is 3.48. The summed E-state index contributed by atoms with van der Waals surface area (Å²) in [6.45, 7) is 4.24. The van der Waals surface area contributed by atoms with Gasteiger partial charge in [0.1, 0.15) is 0 Å². The number of thioether (sulfide) groups is 1. The molecule has 2 rings (SSSR count). The molecule has 0 aliphatic heterocycles. The zero-order valence-corrected chi connectivity index (χ0v) is 13.4. The third-order valence-electron chi connectivity index (χ3n) is 3.84. The van der Waals surface area contributed by atoms with Crippen molar-refractivity contribution in [1.82, 2.24) is 15.2 Å². The first-order chi connectivity index (χ1) is 9.67. The number of nitrogens with two attached hydrogens (primary N) is 1. The summed E-state index contributed by atoms with van der Waals surface area (Å²) < 4.78 is 7.44. The monoisotopic (exact) mass is 298 g/mol. The molecule has 1 aliphatic carbocycles. The minimum atomic E-state index is 0.0699. The first-order valence-electron chi connectivity index (χ1n) is 7.36. The van der Waals surface area contributed by atoms with Gasteiger partial charge in [-0.05, 0) is 26.7 Å². The summed E-state index contributed by atoms with van der Waals surface area (Å²) in [6, 6.07) is 0.363. The second-order valence-corrected chi connectivity index (χ2v) is 6.93. The zero-order valence-electron chi connectivity index (χ0n) is 12.6. The fourth-order valence-electron chi connectivity index (χ4n) is 2.75.